The van der Waals surface area contributed by atoms with Gasteiger partial charge in [-0.1, -0.05) is 12.6 Å². The third kappa shape index (κ3) is 4.09. The smallest absolute Gasteiger partial charge is 0.247 e. The Bertz CT molecular complexity index is 1550. The SMILES string of the molecule is C=CC(=O)Nc1cccc(Oc2cnc3[nH]cc(-c4cnn(-c5cscc5C(C)=O)c4)c3n2)c1. The minimum absolute atomic E-state index is 0.0128. The number of H-pyrrole nitrogens is 1. The lowest BCUT2D eigenvalue weighted by Gasteiger charge is -2.07. The molecule has 10 heteroatoms. The number of carbonyl (C=O) groups is 2. The summed E-state index contributed by atoms with van der Waals surface area (Å²) < 4.78 is 7.57. The monoisotopic (exact) mass is 470 g/mol. The summed E-state index contributed by atoms with van der Waals surface area (Å²) in [5, 5.41) is 10.8. The van der Waals surface area contributed by atoms with Crippen LogP contribution < -0.4 is 10.1 Å². The van der Waals surface area contributed by atoms with Crippen LogP contribution in [0.5, 0.6) is 11.6 Å². The van der Waals surface area contributed by atoms with E-state index in [-0.39, 0.29) is 11.7 Å². The predicted octanol–water partition coefficient (Wildman–Crippen LogP) is 4.99. The van der Waals surface area contributed by atoms with E-state index >= 15 is 0 Å². The Labute approximate surface area is 197 Å². The van der Waals surface area contributed by atoms with Crippen molar-refractivity contribution in [2.75, 3.05) is 5.32 Å². The van der Waals surface area contributed by atoms with Crippen molar-refractivity contribution in [1.82, 2.24) is 24.7 Å². The second kappa shape index (κ2) is 8.75. The van der Waals surface area contributed by atoms with E-state index in [1.807, 2.05) is 17.0 Å². The molecule has 0 unspecified atom stereocenters. The molecule has 1 amide bonds. The number of carbonyl (C=O) groups excluding carboxylic acids is 2. The molecule has 0 aliphatic rings. The molecular formula is C24H18N6O3S. The van der Waals surface area contributed by atoms with Crippen molar-refractivity contribution in [3.8, 4) is 28.4 Å². The molecular weight excluding hydrogens is 452 g/mol. The number of ketones is 1. The van der Waals surface area contributed by atoms with Crippen LogP contribution in [-0.2, 0) is 4.79 Å². The Morgan fingerprint density at radius 1 is 1.26 bits per heavy atom. The summed E-state index contributed by atoms with van der Waals surface area (Å²) in [6.07, 6.45) is 8.08. The van der Waals surface area contributed by atoms with Gasteiger partial charge in [0.05, 0.1) is 23.6 Å². The summed E-state index contributed by atoms with van der Waals surface area (Å²) in [6, 6.07) is 6.94. The first kappa shape index (κ1) is 21.3. The zero-order valence-electron chi connectivity index (χ0n) is 18.0. The zero-order chi connectivity index (χ0) is 23.7. The molecule has 4 aromatic heterocycles. The zero-order valence-corrected chi connectivity index (χ0v) is 18.8. The third-order valence-electron chi connectivity index (χ3n) is 5.03. The first-order valence-corrected chi connectivity index (χ1v) is 11.1. The van der Waals surface area contributed by atoms with Crippen LogP contribution in [0.25, 0.3) is 28.0 Å². The molecule has 5 aromatic rings. The van der Waals surface area contributed by atoms with Gasteiger partial charge in [0.15, 0.2) is 11.4 Å². The van der Waals surface area contributed by atoms with Crippen molar-refractivity contribution in [1.29, 1.82) is 0 Å². The number of benzene rings is 1. The number of rotatable bonds is 7. The van der Waals surface area contributed by atoms with Crippen molar-refractivity contribution in [3.63, 3.8) is 0 Å². The molecule has 168 valence electrons. The van der Waals surface area contributed by atoms with E-state index < -0.39 is 0 Å². The maximum Gasteiger partial charge on any atom is 0.247 e. The molecule has 0 saturated heterocycles. The van der Waals surface area contributed by atoms with E-state index in [1.165, 1.54) is 30.5 Å². The van der Waals surface area contributed by atoms with Crippen LogP contribution in [0.15, 0.2) is 72.5 Å². The maximum absolute atomic E-state index is 11.9. The second-order valence-corrected chi connectivity index (χ2v) is 8.08. The van der Waals surface area contributed by atoms with Gasteiger partial charge in [0.25, 0.3) is 0 Å². The molecule has 5 rings (SSSR count). The van der Waals surface area contributed by atoms with Gasteiger partial charge < -0.3 is 15.0 Å². The number of fused-ring (bicyclic) bond motifs is 1. The number of aromatic amines is 1. The number of ether oxygens (including phenoxy) is 1. The maximum atomic E-state index is 11.9. The largest absolute Gasteiger partial charge is 0.437 e. The lowest BCUT2D eigenvalue weighted by molar-refractivity contribution is -0.111. The fraction of sp³-hybridized carbons (Fsp3) is 0.0417. The molecule has 0 radical (unpaired) electrons. The average molecular weight is 471 g/mol. The highest BCUT2D eigenvalue weighted by atomic mass is 32.1. The van der Waals surface area contributed by atoms with Gasteiger partial charge in [-0.3, -0.25) is 9.59 Å². The van der Waals surface area contributed by atoms with Gasteiger partial charge in [-0.05, 0) is 25.1 Å². The van der Waals surface area contributed by atoms with Gasteiger partial charge in [0, 0.05) is 46.0 Å². The molecule has 0 atom stereocenters. The number of anilines is 1. The summed E-state index contributed by atoms with van der Waals surface area (Å²) in [7, 11) is 0. The fourth-order valence-electron chi connectivity index (χ4n) is 3.42. The Kier molecular flexibility index (Phi) is 5.48. The van der Waals surface area contributed by atoms with Crippen LogP contribution in [0.3, 0.4) is 0 Å². The van der Waals surface area contributed by atoms with Crippen molar-refractivity contribution in [2.45, 2.75) is 6.92 Å². The Balaban J connectivity index is 1.44. The number of nitrogens with one attached hydrogen (secondary N) is 2. The highest BCUT2D eigenvalue weighted by Gasteiger charge is 2.15. The molecule has 0 aliphatic heterocycles. The third-order valence-corrected chi connectivity index (χ3v) is 5.76. The molecule has 2 N–H and O–H groups in total. The number of hydrogen-bond donors (Lipinski definition) is 2. The van der Waals surface area contributed by atoms with Crippen LogP contribution >= 0.6 is 11.3 Å². The van der Waals surface area contributed by atoms with E-state index in [1.54, 1.807) is 41.3 Å². The molecule has 0 fully saturated rings. The van der Waals surface area contributed by atoms with Crippen LogP contribution in [-0.4, -0.2) is 36.4 Å². The molecule has 0 saturated carbocycles. The quantitative estimate of drug-likeness (QED) is 0.256. The van der Waals surface area contributed by atoms with Gasteiger partial charge in [0.1, 0.15) is 11.3 Å². The molecule has 4 heterocycles. The number of nitrogens with zero attached hydrogens (tertiary/aromatic N) is 4. The van der Waals surface area contributed by atoms with Gasteiger partial charge in [0.2, 0.25) is 11.8 Å². The number of amides is 1. The molecule has 34 heavy (non-hydrogen) atoms. The summed E-state index contributed by atoms with van der Waals surface area (Å²) in [5.41, 5.74) is 4.76. The average Bonchev–Trinajstić information content (AvgIpc) is 3.57. The number of thiophene rings is 1. The van der Waals surface area contributed by atoms with Crippen molar-refractivity contribution in [3.05, 3.63) is 78.0 Å². The highest BCUT2D eigenvalue weighted by Crippen LogP contribution is 2.30. The van der Waals surface area contributed by atoms with Crippen LogP contribution in [0.2, 0.25) is 0 Å². The fourth-order valence-corrected chi connectivity index (χ4v) is 4.28. The van der Waals surface area contributed by atoms with Gasteiger partial charge in [-0.25, -0.2) is 14.6 Å². The normalized spacial score (nSPS) is 10.9. The van der Waals surface area contributed by atoms with E-state index in [9.17, 15) is 9.59 Å². The van der Waals surface area contributed by atoms with E-state index in [0.29, 0.717) is 34.0 Å². The van der Waals surface area contributed by atoms with Crippen LogP contribution in [0.1, 0.15) is 17.3 Å². The van der Waals surface area contributed by atoms with Gasteiger partial charge >= 0.3 is 0 Å². The topological polar surface area (TPSA) is 115 Å². The minimum atomic E-state index is -0.311. The van der Waals surface area contributed by atoms with Crippen LogP contribution in [0, 0.1) is 0 Å². The molecule has 9 nitrogen and oxygen atoms in total. The van der Waals surface area contributed by atoms with E-state index in [2.05, 4.69) is 31.9 Å². The summed E-state index contributed by atoms with van der Waals surface area (Å²) in [6.45, 7) is 4.98. The Morgan fingerprint density at radius 3 is 2.97 bits per heavy atom. The first-order chi connectivity index (χ1) is 16.5. The van der Waals surface area contributed by atoms with Crippen molar-refractivity contribution >= 4 is 39.9 Å². The number of hydrogen-bond acceptors (Lipinski definition) is 7. The van der Waals surface area contributed by atoms with Gasteiger partial charge in [-0.15, -0.1) is 11.3 Å². The van der Waals surface area contributed by atoms with E-state index in [0.717, 1.165) is 16.8 Å². The highest BCUT2D eigenvalue weighted by molar-refractivity contribution is 7.08. The lowest BCUT2D eigenvalue weighted by atomic mass is 10.2. The molecule has 1 aromatic carbocycles. The van der Waals surface area contributed by atoms with Crippen molar-refractivity contribution in [2.24, 2.45) is 0 Å². The minimum Gasteiger partial charge on any atom is -0.437 e. The molecule has 0 bridgehead atoms. The molecule has 0 spiro atoms. The second-order valence-electron chi connectivity index (χ2n) is 7.33. The molecule has 0 aliphatic carbocycles. The lowest BCUT2D eigenvalue weighted by Crippen LogP contribution is -2.07. The summed E-state index contributed by atoms with van der Waals surface area (Å²) in [4.78, 5) is 35.6. The van der Waals surface area contributed by atoms with Crippen LogP contribution in [0.4, 0.5) is 5.69 Å². The van der Waals surface area contributed by atoms with E-state index in [4.69, 9.17) is 4.74 Å². The number of aromatic nitrogens is 5. The Morgan fingerprint density at radius 2 is 2.15 bits per heavy atom. The standard InChI is InChI=1S/C24H18N6O3S/c1-3-21(32)28-16-5-4-6-17(7-16)33-22-10-26-24-23(29-22)18(9-25-24)15-8-27-30(11-15)20-13-34-12-19(20)14(2)31/h3-13H,1H2,2H3,(H,25,26)(H,28,32). The van der Waals surface area contributed by atoms with Crippen molar-refractivity contribution < 1.29 is 14.3 Å². The number of Topliss-reactive ketones (excluding diaryl/α,β-unsaturated/α-hetero) is 1. The first-order valence-electron chi connectivity index (χ1n) is 10.2. The summed E-state index contributed by atoms with van der Waals surface area (Å²) >= 11 is 1.45. The van der Waals surface area contributed by atoms with Gasteiger partial charge in [-0.2, -0.15) is 5.10 Å². The predicted molar refractivity (Wildman–Crippen MR) is 130 cm³/mol. The summed E-state index contributed by atoms with van der Waals surface area (Å²) in [5.74, 6) is 0.467. The Hall–Kier alpha value is -4.57.